The third-order valence-electron chi connectivity index (χ3n) is 4.63. The molecule has 3 heterocycles. The molecular formula is C19H22N4O. The Bertz CT molecular complexity index is 793. The summed E-state index contributed by atoms with van der Waals surface area (Å²) in [5.41, 5.74) is 3.69. The van der Waals surface area contributed by atoms with Crippen molar-refractivity contribution < 1.29 is 4.52 Å². The maximum absolute atomic E-state index is 5.27. The van der Waals surface area contributed by atoms with E-state index in [0.29, 0.717) is 6.04 Å². The molecule has 0 amide bonds. The lowest BCUT2D eigenvalue weighted by atomic mass is 10.1. The third kappa shape index (κ3) is 3.26. The van der Waals surface area contributed by atoms with Gasteiger partial charge in [-0.2, -0.15) is 5.10 Å². The largest absolute Gasteiger partial charge is 0.361 e. The Labute approximate surface area is 141 Å². The van der Waals surface area contributed by atoms with E-state index in [1.54, 1.807) is 0 Å². The van der Waals surface area contributed by atoms with Crippen molar-refractivity contribution in [3.05, 3.63) is 71.4 Å². The minimum absolute atomic E-state index is 0.372. The Kier molecular flexibility index (Phi) is 4.17. The molecule has 1 aliphatic heterocycles. The van der Waals surface area contributed by atoms with Crippen molar-refractivity contribution in [1.82, 2.24) is 19.8 Å². The smallest absolute Gasteiger partial charge is 0.133 e. The number of rotatable bonds is 5. The van der Waals surface area contributed by atoms with Crippen LogP contribution < -0.4 is 0 Å². The third-order valence-corrected chi connectivity index (χ3v) is 4.63. The molecular weight excluding hydrogens is 300 g/mol. The summed E-state index contributed by atoms with van der Waals surface area (Å²) in [7, 11) is 0. The Morgan fingerprint density at radius 3 is 2.79 bits per heavy atom. The number of benzene rings is 1. The van der Waals surface area contributed by atoms with E-state index in [4.69, 9.17) is 4.52 Å². The van der Waals surface area contributed by atoms with E-state index in [1.807, 2.05) is 30.1 Å². The lowest BCUT2D eigenvalue weighted by molar-refractivity contribution is 0.236. The first kappa shape index (κ1) is 15.1. The number of aryl methyl sites for hydroxylation is 1. The molecule has 1 aliphatic rings. The molecule has 0 N–H and O–H groups in total. The zero-order chi connectivity index (χ0) is 16.4. The molecule has 4 rings (SSSR count). The van der Waals surface area contributed by atoms with Crippen LogP contribution in [0.5, 0.6) is 0 Å². The van der Waals surface area contributed by atoms with Gasteiger partial charge in [-0.25, -0.2) is 0 Å². The van der Waals surface area contributed by atoms with Crippen molar-refractivity contribution in [3.63, 3.8) is 0 Å². The summed E-state index contributed by atoms with van der Waals surface area (Å²) < 4.78 is 7.22. The molecule has 1 unspecified atom stereocenters. The van der Waals surface area contributed by atoms with E-state index < -0.39 is 0 Å². The molecule has 1 saturated heterocycles. The molecule has 0 radical (unpaired) electrons. The molecule has 3 aromatic rings. The first-order chi connectivity index (χ1) is 11.8. The highest BCUT2D eigenvalue weighted by Gasteiger charge is 2.28. The number of aromatic nitrogens is 3. The maximum Gasteiger partial charge on any atom is 0.133 e. The highest BCUT2D eigenvalue weighted by Crippen LogP contribution is 2.32. The molecule has 5 heteroatoms. The van der Waals surface area contributed by atoms with Crippen LogP contribution in [-0.2, 0) is 13.1 Å². The molecule has 0 aliphatic carbocycles. The fraction of sp³-hybridized carbons (Fsp3) is 0.368. The number of nitrogens with zero attached hydrogens (tertiary/aromatic N) is 4. The van der Waals surface area contributed by atoms with Gasteiger partial charge in [0.05, 0.1) is 12.6 Å². The van der Waals surface area contributed by atoms with Crippen LogP contribution in [0, 0.1) is 6.92 Å². The first-order valence-electron chi connectivity index (χ1n) is 8.50. The minimum Gasteiger partial charge on any atom is -0.361 e. The van der Waals surface area contributed by atoms with Crippen LogP contribution in [0.15, 0.2) is 53.3 Å². The van der Waals surface area contributed by atoms with Crippen LogP contribution >= 0.6 is 0 Å². The molecule has 1 fully saturated rings. The Balaban J connectivity index is 1.48. The number of likely N-dealkylation sites (tertiary alicyclic amines) is 1. The van der Waals surface area contributed by atoms with E-state index in [-0.39, 0.29) is 0 Å². The summed E-state index contributed by atoms with van der Waals surface area (Å²) in [5.74, 6) is 0.887. The Hall–Kier alpha value is -2.40. The lowest BCUT2D eigenvalue weighted by Crippen LogP contribution is -2.23. The normalized spacial score (nSPS) is 18.3. The van der Waals surface area contributed by atoms with Gasteiger partial charge in [-0.1, -0.05) is 29.4 Å². The number of hydrogen-bond acceptors (Lipinski definition) is 4. The van der Waals surface area contributed by atoms with Crippen LogP contribution in [0.2, 0.25) is 0 Å². The van der Waals surface area contributed by atoms with Gasteiger partial charge in [-0.05, 0) is 43.5 Å². The monoisotopic (exact) mass is 322 g/mol. The highest BCUT2D eigenvalue weighted by molar-refractivity contribution is 5.24. The molecule has 0 bridgehead atoms. The summed E-state index contributed by atoms with van der Waals surface area (Å²) >= 11 is 0. The zero-order valence-electron chi connectivity index (χ0n) is 13.9. The maximum atomic E-state index is 5.27. The second-order valence-electron chi connectivity index (χ2n) is 6.51. The van der Waals surface area contributed by atoms with Gasteiger partial charge in [-0.15, -0.1) is 0 Å². The van der Waals surface area contributed by atoms with Crippen molar-refractivity contribution >= 4 is 0 Å². The van der Waals surface area contributed by atoms with Crippen LogP contribution in [0.25, 0.3) is 0 Å². The van der Waals surface area contributed by atoms with Crippen molar-refractivity contribution in [2.45, 2.75) is 38.9 Å². The average Bonchev–Trinajstić information content (AvgIpc) is 3.30. The van der Waals surface area contributed by atoms with Crippen LogP contribution in [0.4, 0.5) is 0 Å². The van der Waals surface area contributed by atoms with Crippen molar-refractivity contribution in [3.8, 4) is 0 Å². The molecule has 5 nitrogen and oxygen atoms in total. The predicted molar refractivity (Wildman–Crippen MR) is 91.4 cm³/mol. The number of hydrogen-bond donors (Lipinski definition) is 0. The van der Waals surface area contributed by atoms with E-state index in [9.17, 15) is 0 Å². The van der Waals surface area contributed by atoms with Gasteiger partial charge in [0.25, 0.3) is 0 Å². The van der Waals surface area contributed by atoms with Crippen molar-refractivity contribution in [1.29, 1.82) is 0 Å². The lowest BCUT2D eigenvalue weighted by Gasteiger charge is -2.23. The molecule has 0 saturated carbocycles. The fourth-order valence-corrected chi connectivity index (χ4v) is 3.53. The highest BCUT2D eigenvalue weighted by atomic mass is 16.5. The van der Waals surface area contributed by atoms with Gasteiger partial charge in [0.2, 0.25) is 0 Å². The van der Waals surface area contributed by atoms with E-state index in [2.05, 4.69) is 45.5 Å². The van der Waals surface area contributed by atoms with Gasteiger partial charge >= 0.3 is 0 Å². The molecule has 1 aromatic carbocycles. The van der Waals surface area contributed by atoms with Crippen molar-refractivity contribution in [2.75, 3.05) is 6.54 Å². The Morgan fingerprint density at radius 2 is 2.04 bits per heavy atom. The topological polar surface area (TPSA) is 47.1 Å². The fourth-order valence-electron chi connectivity index (χ4n) is 3.53. The van der Waals surface area contributed by atoms with Gasteiger partial charge in [0, 0.05) is 25.0 Å². The summed E-state index contributed by atoms with van der Waals surface area (Å²) in [6.07, 6.45) is 6.18. The summed E-state index contributed by atoms with van der Waals surface area (Å²) in [4.78, 5) is 2.50. The van der Waals surface area contributed by atoms with E-state index in [1.165, 1.54) is 17.5 Å². The van der Waals surface area contributed by atoms with Gasteiger partial charge in [0.1, 0.15) is 11.5 Å². The Morgan fingerprint density at radius 1 is 1.17 bits per heavy atom. The van der Waals surface area contributed by atoms with Gasteiger partial charge in [-0.3, -0.25) is 9.58 Å². The predicted octanol–water partition coefficient (Wildman–Crippen LogP) is 3.56. The van der Waals surface area contributed by atoms with E-state index in [0.717, 1.165) is 37.5 Å². The molecule has 0 spiro atoms. The summed E-state index contributed by atoms with van der Waals surface area (Å²) in [5, 5.41) is 8.51. The second kappa shape index (κ2) is 6.61. The standard InChI is InChI=1S/C19H22N4O/c1-15-11-18(21-24-15)19-7-3-9-22(19)13-16-5-2-6-17(12-16)14-23-10-4-8-20-23/h2,4-6,8,10-12,19H,3,7,9,13-14H2,1H3. The first-order valence-corrected chi connectivity index (χ1v) is 8.50. The molecule has 1 atom stereocenters. The summed E-state index contributed by atoms with van der Waals surface area (Å²) in [6, 6.07) is 13.2. The molecule has 2 aromatic heterocycles. The van der Waals surface area contributed by atoms with Crippen LogP contribution in [0.1, 0.15) is 41.5 Å². The second-order valence-corrected chi connectivity index (χ2v) is 6.51. The van der Waals surface area contributed by atoms with Gasteiger partial charge in [0.15, 0.2) is 0 Å². The van der Waals surface area contributed by atoms with Crippen molar-refractivity contribution in [2.24, 2.45) is 0 Å². The quantitative estimate of drug-likeness (QED) is 0.720. The van der Waals surface area contributed by atoms with Gasteiger partial charge < -0.3 is 4.52 Å². The summed E-state index contributed by atoms with van der Waals surface area (Å²) in [6.45, 7) is 4.82. The SMILES string of the molecule is Cc1cc(C2CCCN2Cc2cccc(Cn3cccn3)c2)no1. The molecule has 124 valence electrons. The van der Waals surface area contributed by atoms with Crippen LogP contribution in [-0.4, -0.2) is 26.4 Å². The van der Waals surface area contributed by atoms with Crippen LogP contribution in [0.3, 0.4) is 0 Å². The van der Waals surface area contributed by atoms with E-state index >= 15 is 0 Å². The molecule has 24 heavy (non-hydrogen) atoms. The zero-order valence-corrected chi connectivity index (χ0v) is 13.9. The average molecular weight is 322 g/mol. The minimum atomic E-state index is 0.372.